The highest BCUT2D eigenvalue weighted by Crippen LogP contribution is 2.26. The fourth-order valence-electron chi connectivity index (χ4n) is 4.11. The van der Waals surface area contributed by atoms with E-state index in [0.29, 0.717) is 18.9 Å². The zero-order valence-corrected chi connectivity index (χ0v) is 19.9. The smallest absolute Gasteiger partial charge is 0.306 e. The Kier molecular flexibility index (Phi) is 7.95. The molecule has 2 aromatic rings. The van der Waals surface area contributed by atoms with E-state index in [2.05, 4.69) is 33.6 Å². The van der Waals surface area contributed by atoms with E-state index in [0.717, 1.165) is 42.7 Å². The first kappa shape index (κ1) is 23.8. The zero-order chi connectivity index (χ0) is 23.3. The number of rotatable bonds is 8. The van der Waals surface area contributed by atoms with Gasteiger partial charge in [-0.25, -0.2) is 19.9 Å². The summed E-state index contributed by atoms with van der Waals surface area (Å²) in [6.45, 7) is 12.1. The first-order valence-electron chi connectivity index (χ1n) is 11.2. The first-order chi connectivity index (χ1) is 15.3. The molecule has 3 heterocycles. The number of aryl methyl sites for hydroxylation is 1. The minimum absolute atomic E-state index is 0.175. The Morgan fingerprint density at radius 2 is 1.94 bits per heavy atom. The molecule has 1 fully saturated rings. The lowest BCUT2D eigenvalue weighted by molar-refractivity contribution is -0.149. The number of esters is 1. The molecule has 1 aliphatic rings. The molecule has 0 unspecified atom stereocenters. The van der Waals surface area contributed by atoms with Crippen molar-refractivity contribution in [2.45, 2.75) is 72.3 Å². The van der Waals surface area contributed by atoms with Gasteiger partial charge in [-0.3, -0.25) is 4.79 Å². The van der Waals surface area contributed by atoms with Crippen LogP contribution in [0.4, 0.5) is 11.8 Å². The number of carbonyl (C=O) groups is 1. The Labute approximate surface area is 190 Å². The van der Waals surface area contributed by atoms with Crippen LogP contribution in [0.5, 0.6) is 0 Å². The number of piperazine rings is 1. The summed E-state index contributed by atoms with van der Waals surface area (Å²) in [6.07, 6.45) is 2.40. The molecule has 0 amide bonds. The molecule has 3 rings (SSSR count). The molecule has 1 aliphatic heterocycles. The Morgan fingerprint density at radius 1 is 1.22 bits per heavy atom. The SMILES string of the molecule is CCCC(=O)O[C@H](C)c1nccc(N2C[C@@H](C)N(c3nc(C)cc(COC)n3)[C@@H](C)C2)n1. The van der Waals surface area contributed by atoms with Crippen molar-refractivity contribution in [1.82, 2.24) is 19.9 Å². The van der Waals surface area contributed by atoms with E-state index >= 15 is 0 Å². The Hall–Kier alpha value is -2.81. The normalized spacial score (nSPS) is 19.7. The Balaban J connectivity index is 1.75. The van der Waals surface area contributed by atoms with Crippen LogP contribution in [-0.4, -0.2) is 58.2 Å². The summed E-state index contributed by atoms with van der Waals surface area (Å²) in [7, 11) is 1.67. The van der Waals surface area contributed by atoms with Gasteiger partial charge in [0.25, 0.3) is 0 Å². The largest absolute Gasteiger partial charge is 0.454 e. The summed E-state index contributed by atoms with van der Waals surface area (Å²) >= 11 is 0. The third-order valence-corrected chi connectivity index (χ3v) is 5.45. The third kappa shape index (κ3) is 5.70. The first-order valence-corrected chi connectivity index (χ1v) is 11.2. The third-order valence-electron chi connectivity index (χ3n) is 5.45. The molecule has 0 aromatic carbocycles. The van der Waals surface area contributed by atoms with Gasteiger partial charge in [-0.1, -0.05) is 6.92 Å². The molecule has 0 aliphatic carbocycles. The van der Waals surface area contributed by atoms with Gasteiger partial charge in [0.15, 0.2) is 11.9 Å². The van der Waals surface area contributed by atoms with Gasteiger partial charge in [0, 0.05) is 50.6 Å². The van der Waals surface area contributed by atoms with Crippen LogP contribution < -0.4 is 9.80 Å². The maximum absolute atomic E-state index is 11.8. The number of aromatic nitrogens is 4. The van der Waals surface area contributed by atoms with E-state index in [4.69, 9.17) is 19.4 Å². The molecular weight excluding hydrogens is 408 g/mol. The fraction of sp³-hybridized carbons (Fsp3) is 0.609. The van der Waals surface area contributed by atoms with E-state index < -0.39 is 6.10 Å². The summed E-state index contributed by atoms with van der Waals surface area (Å²) in [4.78, 5) is 34.8. The standard InChI is InChI=1S/C23H34N6O3/c1-7-8-21(30)32-18(5)22-24-10-9-20(27-22)28-12-16(3)29(17(4)13-28)23-25-15(2)11-19(26-23)14-31-6/h9-11,16-18H,7-8,12-14H2,1-6H3/t16-,17+,18-/m1/s1. The van der Waals surface area contributed by atoms with Crippen molar-refractivity contribution in [3.05, 3.63) is 35.5 Å². The van der Waals surface area contributed by atoms with Gasteiger partial charge in [0.1, 0.15) is 5.82 Å². The van der Waals surface area contributed by atoms with Crippen LogP contribution in [0, 0.1) is 6.92 Å². The van der Waals surface area contributed by atoms with E-state index in [-0.39, 0.29) is 18.1 Å². The number of methoxy groups -OCH3 is 1. The van der Waals surface area contributed by atoms with E-state index in [1.165, 1.54) is 0 Å². The molecular formula is C23H34N6O3. The van der Waals surface area contributed by atoms with Crippen molar-refractivity contribution in [1.29, 1.82) is 0 Å². The lowest BCUT2D eigenvalue weighted by atomic mass is 10.1. The molecule has 0 spiro atoms. The maximum atomic E-state index is 11.8. The van der Waals surface area contributed by atoms with Gasteiger partial charge in [0.2, 0.25) is 5.95 Å². The van der Waals surface area contributed by atoms with E-state index in [1.807, 2.05) is 32.9 Å². The molecule has 1 saturated heterocycles. The average Bonchev–Trinajstić information content (AvgIpc) is 2.73. The van der Waals surface area contributed by atoms with Gasteiger partial charge in [-0.05, 0) is 46.2 Å². The summed E-state index contributed by atoms with van der Waals surface area (Å²) in [6, 6.07) is 4.21. The highest BCUT2D eigenvalue weighted by atomic mass is 16.5. The summed E-state index contributed by atoms with van der Waals surface area (Å²) < 4.78 is 10.7. The summed E-state index contributed by atoms with van der Waals surface area (Å²) in [5, 5.41) is 0. The number of anilines is 2. The highest BCUT2D eigenvalue weighted by Gasteiger charge is 2.32. The minimum Gasteiger partial charge on any atom is -0.454 e. The van der Waals surface area contributed by atoms with Crippen LogP contribution in [0.2, 0.25) is 0 Å². The molecule has 32 heavy (non-hydrogen) atoms. The molecule has 9 heteroatoms. The van der Waals surface area contributed by atoms with Crippen molar-refractivity contribution >= 4 is 17.7 Å². The summed E-state index contributed by atoms with van der Waals surface area (Å²) in [5.74, 6) is 1.85. The molecule has 2 aromatic heterocycles. The van der Waals surface area contributed by atoms with Crippen LogP contribution in [-0.2, 0) is 20.9 Å². The van der Waals surface area contributed by atoms with Crippen molar-refractivity contribution in [2.75, 3.05) is 30.0 Å². The Morgan fingerprint density at radius 3 is 2.59 bits per heavy atom. The van der Waals surface area contributed by atoms with E-state index in [1.54, 1.807) is 13.3 Å². The highest BCUT2D eigenvalue weighted by molar-refractivity contribution is 5.69. The molecule has 174 valence electrons. The van der Waals surface area contributed by atoms with Crippen LogP contribution in [0.1, 0.15) is 63.9 Å². The lowest BCUT2D eigenvalue weighted by Gasteiger charge is -2.45. The number of carbonyl (C=O) groups excluding carboxylic acids is 1. The second kappa shape index (κ2) is 10.7. The molecule has 0 N–H and O–H groups in total. The van der Waals surface area contributed by atoms with Crippen molar-refractivity contribution in [2.24, 2.45) is 0 Å². The molecule has 0 saturated carbocycles. The van der Waals surface area contributed by atoms with Crippen LogP contribution in [0.3, 0.4) is 0 Å². The van der Waals surface area contributed by atoms with Crippen molar-refractivity contribution in [3.8, 4) is 0 Å². The maximum Gasteiger partial charge on any atom is 0.306 e. The fourth-order valence-corrected chi connectivity index (χ4v) is 4.11. The second-order valence-electron chi connectivity index (χ2n) is 8.40. The second-order valence-corrected chi connectivity index (χ2v) is 8.40. The van der Waals surface area contributed by atoms with Gasteiger partial charge in [0.05, 0.1) is 12.3 Å². The summed E-state index contributed by atoms with van der Waals surface area (Å²) in [5.41, 5.74) is 1.81. The molecule has 0 bridgehead atoms. The monoisotopic (exact) mass is 442 g/mol. The predicted molar refractivity (Wildman–Crippen MR) is 123 cm³/mol. The van der Waals surface area contributed by atoms with Crippen LogP contribution >= 0.6 is 0 Å². The average molecular weight is 443 g/mol. The minimum atomic E-state index is -0.481. The molecule has 3 atom stereocenters. The van der Waals surface area contributed by atoms with Gasteiger partial charge >= 0.3 is 5.97 Å². The van der Waals surface area contributed by atoms with Crippen molar-refractivity contribution in [3.63, 3.8) is 0 Å². The number of ether oxygens (including phenoxy) is 2. The van der Waals surface area contributed by atoms with Gasteiger partial charge in [-0.15, -0.1) is 0 Å². The van der Waals surface area contributed by atoms with Crippen LogP contribution in [0.25, 0.3) is 0 Å². The number of hydrogen-bond donors (Lipinski definition) is 0. The number of hydrogen-bond acceptors (Lipinski definition) is 9. The molecule has 9 nitrogen and oxygen atoms in total. The quantitative estimate of drug-likeness (QED) is 0.571. The number of nitrogens with zero attached hydrogens (tertiary/aromatic N) is 6. The van der Waals surface area contributed by atoms with Crippen molar-refractivity contribution < 1.29 is 14.3 Å². The van der Waals surface area contributed by atoms with Gasteiger partial charge < -0.3 is 19.3 Å². The van der Waals surface area contributed by atoms with Gasteiger partial charge in [-0.2, -0.15) is 0 Å². The van der Waals surface area contributed by atoms with Crippen LogP contribution in [0.15, 0.2) is 18.3 Å². The topological polar surface area (TPSA) is 93.6 Å². The predicted octanol–water partition coefficient (Wildman–Crippen LogP) is 3.23. The molecule has 0 radical (unpaired) electrons. The zero-order valence-electron chi connectivity index (χ0n) is 19.9. The van der Waals surface area contributed by atoms with E-state index in [9.17, 15) is 4.79 Å². The Bertz CT molecular complexity index is 912. The lowest BCUT2D eigenvalue weighted by Crippen LogP contribution is -2.58.